The lowest BCUT2D eigenvalue weighted by Gasteiger charge is -2.29. The number of ketones is 1. The molecule has 0 radical (unpaired) electrons. The fourth-order valence-corrected chi connectivity index (χ4v) is 4.48. The van der Waals surface area contributed by atoms with Crippen LogP contribution < -0.4 is 14.4 Å². The minimum Gasteiger partial charge on any atom is -0.493 e. The number of nitrogens with zero attached hydrogens (tertiary/aromatic N) is 2. The van der Waals surface area contributed by atoms with Crippen molar-refractivity contribution in [3.63, 3.8) is 0 Å². The van der Waals surface area contributed by atoms with Gasteiger partial charge < -0.3 is 18.9 Å². The van der Waals surface area contributed by atoms with Crippen molar-refractivity contribution in [3.05, 3.63) is 47.7 Å². The largest absolute Gasteiger partial charge is 0.493 e. The van der Waals surface area contributed by atoms with Crippen LogP contribution in [0, 0.1) is 6.92 Å². The second-order valence-electron chi connectivity index (χ2n) is 7.64. The normalized spacial score (nSPS) is 14.3. The van der Waals surface area contributed by atoms with Crippen LogP contribution in [0.15, 0.2) is 36.4 Å². The fraction of sp³-hybridized carbons (Fsp3) is 0.375. The van der Waals surface area contributed by atoms with E-state index in [1.54, 1.807) is 21.1 Å². The standard InChI is InChI=1S/C24H28N2O3/c1-16-24(17(2)27)20-14-22(28-3)23(29-4)15-21(20)26(16)19-10-8-18(9-11-19)25-12-6-5-7-13-25/h8-11,14-15H,5-7,12-13H2,1-4H3. The first kappa shape index (κ1) is 19.4. The number of carbonyl (C=O) groups is 1. The predicted octanol–water partition coefficient (Wildman–Crippen LogP) is 5.15. The summed E-state index contributed by atoms with van der Waals surface area (Å²) in [5.74, 6) is 1.32. The van der Waals surface area contributed by atoms with Gasteiger partial charge in [-0.2, -0.15) is 0 Å². The summed E-state index contributed by atoms with van der Waals surface area (Å²) >= 11 is 0. The number of methoxy groups -OCH3 is 2. The quantitative estimate of drug-likeness (QED) is 0.563. The van der Waals surface area contributed by atoms with Crippen LogP contribution in [0.1, 0.15) is 42.2 Å². The Hall–Kier alpha value is -2.95. The average Bonchev–Trinajstić information content (AvgIpc) is 3.04. The summed E-state index contributed by atoms with van der Waals surface area (Å²) in [5.41, 5.74) is 4.88. The number of fused-ring (bicyclic) bond motifs is 1. The average molecular weight is 392 g/mol. The summed E-state index contributed by atoms with van der Waals surface area (Å²) in [6, 6.07) is 12.5. The number of carbonyl (C=O) groups excluding carboxylic acids is 1. The van der Waals surface area contributed by atoms with Gasteiger partial charge in [0.05, 0.1) is 19.7 Å². The van der Waals surface area contributed by atoms with Crippen LogP contribution >= 0.6 is 0 Å². The summed E-state index contributed by atoms with van der Waals surface area (Å²) < 4.78 is 13.1. The molecule has 29 heavy (non-hydrogen) atoms. The molecule has 152 valence electrons. The van der Waals surface area contributed by atoms with E-state index in [-0.39, 0.29) is 5.78 Å². The minimum absolute atomic E-state index is 0.0448. The third-order valence-corrected chi connectivity index (χ3v) is 5.89. The van der Waals surface area contributed by atoms with Crippen LogP contribution in [0.25, 0.3) is 16.6 Å². The van der Waals surface area contributed by atoms with Gasteiger partial charge in [0.2, 0.25) is 0 Å². The molecule has 0 saturated carbocycles. The first-order valence-electron chi connectivity index (χ1n) is 10.2. The molecule has 0 N–H and O–H groups in total. The Kier molecular flexibility index (Phi) is 5.22. The van der Waals surface area contributed by atoms with Gasteiger partial charge in [-0.1, -0.05) is 0 Å². The van der Waals surface area contributed by atoms with Gasteiger partial charge in [0.25, 0.3) is 0 Å². The lowest BCUT2D eigenvalue weighted by atomic mass is 10.1. The summed E-state index contributed by atoms with van der Waals surface area (Å²) in [7, 11) is 3.24. The summed E-state index contributed by atoms with van der Waals surface area (Å²) in [6.45, 7) is 5.85. The number of Topliss-reactive ketones (excluding diaryl/α,β-unsaturated/α-hetero) is 1. The van der Waals surface area contributed by atoms with Crippen molar-refractivity contribution in [2.45, 2.75) is 33.1 Å². The van der Waals surface area contributed by atoms with Gasteiger partial charge in [-0.3, -0.25) is 4.79 Å². The molecule has 1 aromatic heterocycles. The molecule has 1 aliphatic rings. The summed E-state index contributed by atoms with van der Waals surface area (Å²) in [6.07, 6.45) is 3.83. The molecule has 0 aliphatic carbocycles. The van der Waals surface area contributed by atoms with E-state index in [0.29, 0.717) is 11.5 Å². The predicted molar refractivity (Wildman–Crippen MR) is 117 cm³/mol. The number of rotatable bonds is 5. The van der Waals surface area contributed by atoms with E-state index in [1.165, 1.54) is 24.9 Å². The third-order valence-electron chi connectivity index (χ3n) is 5.89. The molecular formula is C24H28N2O3. The molecular weight excluding hydrogens is 364 g/mol. The number of piperidine rings is 1. The Morgan fingerprint density at radius 2 is 1.48 bits per heavy atom. The monoisotopic (exact) mass is 392 g/mol. The molecule has 0 spiro atoms. The van der Waals surface area contributed by atoms with Gasteiger partial charge in [0.1, 0.15) is 0 Å². The molecule has 2 aromatic carbocycles. The van der Waals surface area contributed by atoms with Crippen LogP contribution in [0.3, 0.4) is 0 Å². The van der Waals surface area contributed by atoms with Gasteiger partial charge in [-0.05, 0) is 63.4 Å². The Labute approximate surface area is 171 Å². The highest BCUT2D eigenvalue weighted by molar-refractivity contribution is 6.09. The van der Waals surface area contributed by atoms with Crippen LogP contribution in [-0.4, -0.2) is 37.7 Å². The second-order valence-corrected chi connectivity index (χ2v) is 7.64. The molecule has 1 fully saturated rings. The minimum atomic E-state index is 0.0448. The Balaban J connectivity index is 1.86. The van der Waals surface area contributed by atoms with Gasteiger partial charge in [-0.15, -0.1) is 0 Å². The van der Waals surface area contributed by atoms with E-state index in [0.717, 1.165) is 40.9 Å². The maximum Gasteiger partial charge on any atom is 0.162 e. The third kappa shape index (κ3) is 3.35. The zero-order chi connectivity index (χ0) is 20.5. The highest BCUT2D eigenvalue weighted by atomic mass is 16.5. The van der Waals surface area contributed by atoms with E-state index in [4.69, 9.17) is 9.47 Å². The molecule has 0 bridgehead atoms. The molecule has 4 rings (SSSR count). The lowest BCUT2D eigenvalue weighted by Crippen LogP contribution is -2.29. The highest BCUT2D eigenvalue weighted by Gasteiger charge is 2.21. The van der Waals surface area contributed by atoms with Crippen molar-refractivity contribution < 1.29 is 14.3 Å². The maximum absolute atomic E-state index is 12.4. The molecule has 0 atom stereocenters. The van der Waals surface area contributed by atoms with Crippen molar-refractivity contribution >= 4 is 22.4 Å². The van der Waals surface area contributed by atoms with E-state index in [2.05, 4.69) is 33.7 Å². The van der Waals surface area contributed by atoms with E-state index >= 15 is 0 Å². The first-order chi connectivity index (χ1) is 14.0. The number of hydrogen-bond acceptors (Lipinski definition) is 4. The van der Waals surface area contributed by atoms with Crippen molar-refractivity contribution in [2.24, 2.45) is 0 Å². The summed E-state index contributed by atoms with van der Waals surface area (Å²) in [4.78, 5) is 14.9. The molecule has 5 nitrogen and oxygen atoms in total. The van der Waals surface area contributed by atoms with Crippen molar-refractivity contribution in [2.75, 3.05) is 32.2 Å². The van der Waals surface area contributed by atoms with Crippen molar-refractivity contribution in [3.8, 4) is 17.2 Å². The maximum atomic E-state index is 12.4. The van der Waals surface area contributed by atoms with E-state index in [9.17, 15) is 4.79 Å². The molecule has 1 saturated heterocycles. The highest BCUT2D eigenvalue weighted by Crippen LogP contribution is 2.38. The number of ether oxygens (including phenoxy) is 2. The van der Waals surface area contributed by atoms with Gasteiger partial charge in [0.15, 0.2) is 17.3 Å². The second kappa shape index (κ2) is 7.82. The summed E-state index contributed by atoms with van der Waals surface area (Å²) in [5, 5.41) is 0.882. The van der Waals surface area contributed by atoms with Crippen LogP contribution in [0.4, 0.5) is 5.69 Å². The van der Waals surface area contributed by atoms with Gasteiger partial charge in [-0.25, -0.2) is 0 Å². The first-order valence-corrected chi connectivity index (χ1v) is 10.2. The van der Waals surface area contributed by atoms with Crippen LogP contribution in [0.5, 0.6) is 11.5 Å². The molecule has 5 heteroatoms. The van der Waals surface area contributed by atoms with Crippen molar-refractivity contribution in [1.82, 2.24) is 4.57 Å². The van der Waals surface area contributed by atoms with Gasteiger partial charge >= 0.3 is 0 Å². The molecule has 1 aliphatic heterocycles. The van der Waals surface area contributed by atoms with Crippen LogP contribution in [0.2, 0.25) is 0 Å². The van der Waals surface area contributed by atoms with E-state index in [1.807, 2.05) is 19.1 Å². The molecule has 0 unspecified atom stereocenters. The molecule has 3 aromatic rings. The Morgan fingerprint density at radius 3 is 2.07 bits per heavy atom. The number of anilines is 1. The van der Waals surface area contributed by atoms with Gasteiger partial charge in [0, 0.05) is 47.2 Å². The molecule has 2 heterocycles. The lowest BCUT2D eigenvalue weighted by molar-refractivity contribution is 0.101. The van der Waals surface area contributed by atoms with Crippen LogP contribution in [-0.2, 0) is 0 Å². The Morgan fingerprint density at radius 1 is 0.897 bits per heavy atom. The number of benzene rings is 2. The zero-order valence-electron chi connectivity index (χ0n) is 17.6. The zero-order valence-corrected chi connectivity index (χ0v) is 17.6. The smallest absolute Gasteiger partial charge is 0.162 e. The Bertz CT molecular complexity index is 1040. The number of hydrogen-bond donors (Lipinski definition) is 0. The SMILES string of the molecule is COc1cc2c(C(C)=O)c(C)n(-c3ccc(N4CCCCC4)cc3)c2cc1OC. The topological polar surface area (TPSA) is 43.7 Å². The number of aromatic nitrogens is 1. The fourth-order valence-electron chi connectivity index (χ4n) is 4.48. The van der Waals surface area contributed by atoms with E-state index < -0.39 is 0 Å². The molecule has 0 amide bonds. The van der Waals surface area contributed by atoms with Crippen molar-refractivity contribution in [1.29, 1.82) is 0 Å².